The lowest BCUT2D eigenvalue weighted by molar-refractivity contribution is -0.660. The van der Waals surface area contributed by atoms with Crippen LogP contribution in [0.2, 0.25) is 0 Å². The standard InChI is InChI=1S/C37H39FNO/c1-23-15-16-27-28-19-20-30(38)33(36(28)40-35(27)32(23)31-14-8-9-22-39(31)4)29-18-17-25(24-11-6-5-7-12-24)26-13-10-21-37(2,3)34(26)29/h8-9,14-20,22,24H,5-7,10-13,21H2,1-4H3/q+1/i13D2,24D. The fraction of sp³-hybridized carbons (Fsp3) is 0.378. The second-order valence-corrected chi connectivity index (χ2v) is 12.4. The molecule has 0 amide bonds. The molecule has 1 fully saturated rings. The van der Waals surface area contributed by atoms with Crippen LogP contribution in [0.1, 0.15) is 91.1 Å². The van der Waals surface area contributed by atoms with Crippen molar-refractivity contribution in [2.75, 3.05) is 0 Å². The van der Waals surface area contributed by atoms with E-state index in [1.807, 2.05) is 37.5 Å². The minimum absolute atomic E-state index is 0.381. The Hall–Kier alpha value is -3.46. The topological polar surface area (TPSA) is 17.0 Å². The second-order valence-electron chi connectivity index (χ2n) is 12.4. The van der Waals surface area contributed by atoms with E-state index in [0.29, 0.717) is 35.1 Å². The maximum Gasteiger partial charge on any atom is 0.216 e. The van der Waals surface area contributed by atoms with Gasteiger partial charge in [-0.1, -0.05) is 57.4 Å². The molecule has 2 aliphatic carbocycles. The molecule has 3 heteroatoms. The van der Waals surface area contributed by atoms with Crippen LogP contribution in [0, 0.1) is 12.7 Å². The number of halogens is 1. The van der Waals surface area contributed by atoms with Gasteiger partial charge in [-0.3, -0.25) is 0 Å². The number of aromatic nitrogens is 1. The highest BCUT2D eigenvalue weighted by Crippen LogP contribution is 2.50. The summed E-state index contributed by atoms with van der Waals surface area (Å²) in [6.45, 7) is 6.34. The summed E-state index contributed by atoms with van der Waals surface area (Å²) in [6.07, 6.45) is 5.93. The van der Waals surface area contributed by atoms with Crippen molar-refractivity contribution in [1.82, 2.24) is 0 Å². The lowest BCUT2D eigenvalue weighted by Crippen LogP contribution is -2.30. The molecular formula is C37H39FNO+. The number of hydrogen-bond donors (Lipinski definition) is 0. The van der Waals surface area contributed by atoms with E-state index in [1.54, 1.807) is 6.07 Å². The maximum absolute atomic E-state index is 16.3. The molecular weight excluding hydrogens is 493 g/mol. The van der Waals surface area contributed by atoms with Gasteiger partial charge in [0.2, 0.25) is 5.69 Å². The summed E-state index contributed by atoms with van der Waals surface area (Å²) >= 11 is 0. The number of nitrogens with zero attached hydrogens (tertiary/aromatic N) is 1. The van der Waals surface area contributed by atoms with E-state index >= 15 is 4.39 Å². The fourth-order valence-corrected chi connectivity index (χ4v) is 7.20. The number of fused-ring (bicyclic) bond motifs is 4. The Morgan fingerprint density at radius 3 is 2.45 bits per heavy atom. The zero-order valence-electron chi connectivity index (χ0n) is 27.0. The summed E-state index contributed by atoms with van der Waals surface area (Å²) < 4.78 is 53.0. The molecule has 0 radical (unpaired) electrons. The summed E-state index contributed by atoms with van der Waals surface area (Å²) in [5, 5.41) is 1.76. The summed E-state index contributed by atoms with van der Waals surface area (Å²) in [4.78, 5) is 0. The molecule has 2 aliphatic rings. The molecule has 0 N–H and O–H groups in total. The van der Waals surface area contributed by atoms with Gasteiger partial charge in [0, 0.05) is 27.0 Å². The van der Waals surface area contributed by atoms with E-state index in [0.717, 1.165) is 76.4 Å². The molecule has 40 heavy (non-hydrogen) atoms. The molecule has 0 saturated heterocycles. The Labute approximate surface area is 241 Å². The Morgan fingerprint density at radius 1 is 0.925 bits per heavy atom. The van der Waals surface area contributed by atoms with Gasteiger partial charge in [0.15, 0.2) is 6.20 Å². The van der Waals surface area contributed by atoms with Gasteiger partial charge in [0.25, 0.3) is 0 Å². The Bertz CT molecular complexity index is 1920. The van der Waals surface area contributed by atoms with Crippen molar-refractivity contribution in [3.63, 3.8) is 0 Å². The molecule has 3 aromatic carbocycles. The molecule has 0 unspecified atom stereocenters. The molecule has 5 aromatic rings. The smallest absolute Gasteiger partial charge is 0.216 e. The summed E-state index contributed by atoms with van der Waals surface area (Å²) in [6, 6.07) is 17.4. The first-order chi connectivity index (χ1) is 20.4. The van der Waals surface area contributed by atoms with Gasteiger partial charge in [-0.25, -0.2) is 8.96 Å². The normalized spacial score (nSPS) is 20.6. The van der Waals surface area contributed by atoms with Crippen LogP contribution in [0.15, 0.2) is 65.2 Å². The minimum atomic E-state index is -1.60. The number of rotatable bonds is 3. The largest absolute Gasteiger partial charge is 0.454 e. The Morgan fingerprint density at radius 2 is 1.68 bits per heavy atom. The van der Waals surface area contributed by atoms with Crippen molar-refractivity contribution in [2.45, 2.75) is 83.4 Å². The molecule has 0 spiro atoms. The monoisotopic (exact) mass is 535 g/mol. The van der Waals surface area contributed by atoms with Gasteiger partial charge < -0.3 is 4.42 Å². The lowest BCUT2D eigenvalue weighted by atomic mass is 9.67. The molecule has 2 heterocycles. The van der Waals surface area contributed by atoms with Crippen LogP contribution < -0.4 is 4.57 Å². The van der Waals surface area contributed by atoms with Crippen molar-refractivity contribution < 1.29 is 17.5 Å². The van der Waals surface area contributed by atoms with Gasteiger partial charge in [-0.15, -0.1) is 0 Å². The molecule has 204 valence electrons. The molecule has 0 bridgehead atoms. The highest BCUT2D eigenvalue weighted by Gasteiger charge is 2.35. The summed E-state index contributed by atoms with van der Waals surface area (Å²) in [5.74, 6) is -1.21. The van der Waals surface area contributed by atoms with Gasteiger partial charge in [0.1, 0.15) is 24.0 Å². The van der Waals surface area contributed by atoms with Crippen molar-refractivity contribution in [2.24, 2.45) is 7.05 Å². The van der Waals surface area contributed by atoms with Crippen molar-refractivity contribution in [3.8, 4) is 22.4 Å². The van der Waals surface area contributed by atoms with E-state index in [-0.39, 0.29) is 5.82 Å². The third kappa shape index (κ3) is 3.92. The number of hydrogen-bond acceptors (Lipinski definition) is 1. The van der Waals surface area contributed by atoms with Crippen LogP contribution in [0.3, 0.4) is 0 Å². The number of aryl methyl sites for hydroxylation is 2. The number of pyridine rings is 1. The van der Waals surface area contributed by atoms with Crippen LogP contribution in [0.25, 0.3) is 44.3 Å². The zero-order valence-corrected chi connectivity index (χ0v) is 24.0. The quantitative estimate of drug-likeness (QED) is 0.210. The molecule has 1 saturated carbocycles. The van der Waals surface area contributed by atoms with Crippen molar-refractivity contribution in [3.05, 3.63) is 88.9 Å². The average Bonchev–Trinajstić information content (AvgIpc) is 3.34. The second kappa shape index (κ2) is 9.58. The Balaban J connectivity index is 1.57. The first-order valence-corrected chi connectivity index (χ1v) is 14.7. The third-order valence-electron chi connectivity index (χ3n) is 9.32. The van der Waals surface area contributed by atoms with Gasteiger partial charge in [-0.05, 0) is 96.3 Å². The predicted octanol–water partition coefficient (Wildman–Crippen LogP) is 9.85. The van der Waals surface area contributed by atoms with Crippen LogP contribution in [-0.2, 0) is 18.8 Å². The van der Waals surface area contributed by atoms with E-state index < -0.39 is 17.7 Å². The molecule has 0 aliphatic heterocycles. The highest BCUT2D eigenvalue weighted by atomic mass is 19.1. The number of furan rings is 1. The van der Waals surface area contributed by atoms with Crippen molar-refractivity contribution in [1.29, 1.82) is 0 Å². The predicted molar refractivity (Wildman–Crippen MR) is 162 cm³/mol. The van der Waals surface area contributed by atoms with E-state index in [9.17, 15) is 4.11 Å². The summed E-state index contributed by atoms with van der Waals surface area (Å²) in [5.41, 5.74) is 7.14. The van der Waals surface area contributed by atoms with Crippen molar-refractivity contribution >= 4 is 21.9 Å². The lowest BCUT2D eigenvalue weighted by Gasteiger charge is -2.38. The highest BCUT2D eigenvalue weighted by molar-refractivity contribution is 6.13. The van der Waals surface area contributed by atoms with E-state index in [1.165, 1.54) is 6.07 Å². The minimum Gasteiger partial charge on any atom is -0.454 e. The summed E-state index contributed by atoms with van der Waals surface area (Å²) in [7, 11) is 2.01. The van der Waals surface area contributed by atoms with E-state index in [4.69, 9.17) is 4.42 Å². The molecule has 0 atom stereocenters. The fourth-order valence-electron chi connectivity index (χ4n) is 7.20. The van der Waals surface area contributed by atoms with Gasteiger partial charge in [-0.2, -0.15) is 0 Å². The van der Waals surface area contributed by atoms with Crippen LogP contribution in [0.5, 0.6) is 0 Å². The van der Waals surface area contributed by atoms with Crippen LogP contribution in [-0.4, -0.2) is 0 Å². The molecule has 2 aromatic heterocycles. The first-order valence-electron chi connectivity index (χ1n) is 16.2. The number of benzene rings is 3. The van der Waals surface area contributed by atoms with E-state index in [2.05, 4.69) is 43.5 Å². The SMILES string of the molecule is [2H]C1([2H])CCC(C)(C)c2c(-c3c(F)ccc4c3oc3c(-c5cccc[n+]5C)c(C)ccc34)ccc(C3([2H])CCCCC3)c21. The zero-order chi connectivity index (χ0) is 30.3. The maximum atomic E-state index is 16.3. The van der Waals surface area contributed by atoms with Gasteiger partial charge >= 0.3 is 0 Å². The Kier molecular flexibility index (Phi) is 5.33. The van der Waals surface area contributed by atoms with Crippen LogP contribution >= 0.6 is 0 Å². The molecule has 2 nitrogen and oxygen atoms in total. The third-order valence-corrected chi connectivity index (χ3v) is 9.32. The average molecular weight is 536 g/mol. The van der Waals surface area contributed by atoms with Gasteiger partial charge in [0.05, 0.1) is 11.1 Å². The van der Waals surface area contributed by atoms with Crippen LogP contribution in [0.4, 0.5) is 4.39 Å². The first kappa shape index (κ1) is 22.3. The molecule has 7 rings (SSSR count).